The summed E-state index contributed by atoms with van der Waals surface area (Å²) in [6.45, 7) is 6.00. The number of para-hydroxylation sites is 1. The number of hydrogen-bond donors (Lipinski definition) is 0. The van der Waals surface area contributed by atoms with Crippen molar-refractivity contribution in [3.8, 4) is 10.6 Å². The number of amides is 1. The van der Waals surface area contributed by atoms with Crippen molar-refractivity contribution in [1.29, 1.82) is 0 Å². The van der Waals surface area contributed by atoms with Crippen LogP contribution >= 0.6 is 11.3 Å². The fourth-order valence-corrected chi connectivity index (χ4v) is 4.62. The SMILES string of the molecule is CCc1ccc(-c2nc(CC(=O)N(C)Cc3ccccc3N3CCOCC3)cs2)cc1. The molecule has 0 radical (unpaired) electrons. The third kappa shape index (κ3) is 5.32. The van der Waals surface area contributed by atoms with E-state index in [0.717, 1.165) is 54.6 Å². The minimum Gasteiger partial charge on any atom is -0.378 e. The van der Waals surface area contributed by atoms with Crippen LogP contribution in [0.25, 0.3) is 10.6 Å². The minimum atomic E-state index is 0.0787. The molecule has 2 heterocycles. The van der Waals surface area contributed by atoms with Gasteiger partial charge in [-0.05, 0) is 23.6 Å². The molecular formula is C25H29N3O2S. The number of thiazole rings is 1. The van der Waals surface area contributed by atoms with E-state index in [1.54, 1.807) is 16.2 Å². The highest BCUT2D eigenvalue weighted by Crippen LogP contribution is 2.25. The van der Waals surface area contributed by atoms with Crippen molar-refractivity contribution in [3.05, 3.63) is 70.7 Å². The number of nitrogens with zero attached hydrogens (tertiary/aromatic N) is 3. The number of rotatable bonds is 7. The summed E-state index contributed by atoms with van der Waals surface area (Å²) >= 11 is 1.59. The molecule has 0 N–H and O–H groups in total. The number of aromatic nitrogens is 1. The molecule has 2 aromatic carbocycles. The molecule has 31 heavy (non-hydrogen) atoms. The van der Waals surface area contributed by atoms with Crippen LogP contribution in [0.5, 0.6) is 0 Å². The number of ether oxygens (including phenoxy) is 1. The molecule has 4 rings (SSSR count). The Morgan fingerprint density at radius 3 is 2.61 bits per heavy atom. The van der Waals surface area contributed by atoms with E-state index in [-0.39, 0.29) is 5.91 Å². The first-order chi connectivity index (χ1) is 15.1. The average Bonchev–Trinajstić information content (AvgIpc) is 3.28. The molecular weight excluding hydrogens is 406 g/mol. The molecule has 6 heteroatoms. The van der Waals surface area contributed by atoms with Crippen molar-refractivity contribution in [2.75, 3.05) is 38.3 Å². The molecule has 162 valence electrons. The van der Waals surface area contributed by atoms with Gasteiger partial charge >= 0.3 is 0 Å². The molecule has 0 atom stereocenters. The molecule has 1 aromatic heterocycles. The molecule has 0 saturated carbocycles. The van der Waals surface area contributed by atoms with E-state index in [4.69, 9.17) is 9.72 Å². The quantitative estimate of drug-likeness (QED) is 0.552. The monoisotopic (exact) mass is 435 g/mol. The van der Waals surface area contributed by atoms with Crippen molar-refractivity contribution < 1.29 is 9.53 Å². The van der Waals surface area contributed by atoms with Crippen LogP contribution in [0.3, 0.4) is 0 Å². The lowest BCUT2D eigenvalue weighted by atomic mass is 10.1. The Balaban J connectivity index is 1.40. The Morgan fingerprint density at radius 1 is 1.13 bits per heavy atom. The van der Waals surface area contributed by atoms with Gasteiger partial charge in [0.1, 0.15) is 5.01 Å². The van der Waals surface area contributed by atoms with E-state index in [1.807, 2.05) is 18.5 Å². The van der Waals surface area contributed by atoms with Gasteiger partial charge < -0.3 is 14.5 Å². The van der Waals surface area contributed by atoms with Crippen molar-refractivity contribution in [3.63, 3.8) is 0 Å². The Bertz CT molecular complexity index is 1010. The van der Waals surface area contributed by atoms with Crippen LogP contribution < -0.4 is 4.90 Å². The second kappa shape index (κ2) is 10.1. The van der Waals surface area contributed by atoms with Gasteiger partial charge in [-0.2, -0.15) is 0 Å². The number of carbonyl (C=O) groups excluding carboxylic acids is 1. The molecule has 1 aliphatic heterocycles. The largest absolute Gasteiger partial charge is 0.378 e. The van der Waals surface area contributed by atoms with Gasteiger partial charge in [0.05, 0.1) is 25.3 Å². The minimum absolute atomic E-state index is 0.0787. The summed E-state index contributed by atoms with van der Waals surface area (Å²) in [5.41, 5.74) is 5.61. The zero-order valence-corrected chi connectivity index (χ0v) is 19.0. The highest BCUT2D eigenvalue weighted by molar-refractivity contribution is 7.13. The Kier molecular flexibility index (Phi) is 6.99. The molecule has 5 nitrogen and oxygen atoms in total. The lowest BCUT2D eigenvalue weighted by molar-refractivity contribution is -0.129. The third-order valence-corrected chi connectivity index (χ3v) is 6.61. The van der Waals surface area contributed by atoms with Gasteiger partial charge in [-0.1, -0.05) is 49.4 Å². The predicted octanol–water partition coefficient (Wildman–Crippen LogP) is 4.41. The van der Waals surface area contributed by atoms with Crippen molar-refractivity contribution in [2.45, 2.75) is 26.3 Å². The smallest absolute Gasteiger partial charge is 0.228 e. The second-order valence-corrected chi connectivity index (χ2v) is 8.71. The van der Waals surface area contributed by atoms with E-state index in [0.29, 0.717) is 13.0 Å². The molecule has 1 saturated heterocycles. The van der Waals surface area contributed by atoms with Crippen LogP contribution in [-0.4, -0.2) is 49.1 Å². The van der Waals surface area contributed by atoms with Gasteiger partial charge in [0.25, 0.3) is 0 Å². The van der Waals surface area contributed by atoms with Gasteiger partial charge in [-0.25, -0.2) is 4.98 Å². The molecule has 1 fully saturated rings. The van der Waals surface area contributed by atoms with E-state index in [2.05, 4.69) is 54.3 Å². The fraction of sp³-hybridized carbons (Fsp3) is 0.360. The number of carbonyl (C=O) groups is 1. The van der Waals surface area contributed by atoms with E-state index in [1.165, 1.54) is 11.3 Å². The van der Waals surface area contributed by atoms with Crippen LogP contribution in [0.2, 0.25) is 0 Å². The Hall–Kier alpha value is -2.70. The van der Waals surface area contributed by atoms with E-state index >= 15 is 0 Å². The molecule has 0 aliphatic carbocycles. The zero-order valence-electron chi connectivity index (χ0n) is 18.2. The maximum atomic E-state index is 12.9. The summed E-state index contributed by atoms with van der Waals surface area (Å²) in [6, 6.07) is 16.8. The molecule has 0 spiro atoms. The summed E-state index contributed by atoms with van der Waals surface area (Å²) < 4.78 is 5.48. The highest BCUT2D eigenvalue weighted by Gasteiger charge is 2.18. The molecule has 0 bridgehead atoms. The van der Waals surface area contributed by atoms with Gasteiger partial charge in [0.15, 0.2) is 0 Å². The summed E-state index contributed by atoms with van der Waals surface area (Å²) in [4.78, 5) is 21.7. The third-order valence-electron chi connectivity index (χ3n) is 5.67. The topological polar surface area (TPSA) is 45.7 Å². The molecule has 1 amide bonds. The maximum Gasteiger partial charge on any atom is 0.228 e. The standard InChI is InChI=1S/C25H29N3O2S/c1-3-19-8-10-20(11-9-19)25-26-22(18-31-25)16-24(29)27(2)17-21-6-4-5-7-23(21)28-12-14-30-15-13-28/h4-11,18H,3,12-17H2,1-2H3. The van der Waals surface area contributed by atoms with Crippen molar-refractivity contribution >= 4 is 22.9 Å². The first-order valence-corrected chi connectivity index (χ1v) is 11.7. The van der Waals surface area contributed by atoms with E-state index < -0.39 is 0 Å². The first kappa shape index (κ1) is 21.5. The van der Waals surface area contributed by atoms with Crippen LogP contribution in [0, 0.1) is 0 Å². The first-order valence-electron chi connectivity index (χ1n) is 10.8. The number of aryl methyl sites for hydroxylation is 1. The van der Waals surface area contributed by atoms with Gasteiger partial charge in [-0.15, -0.1) is 11.3 Å². The van der Waals surface area contributed by atoms with Crippen molar-refractivity contribution in [1.82, 2.24) is 9.88 Å². The summed E-state index contributed by atoms with van der Waals surface area (Å²) in [5.74, 6) is 0.0787. The van der Waals surface area contributed by atoms with Gasteiger partial charge in [0, 0.05) is 43.3 Å². The summed E-state index contributed by atoms with van der Waals surface area (Å²) in [7, 11) is 1.87. The van der Waals surface area contributed by atoms with Crippen LogP contribution in [0.4, 0.5) is 5.69 Å². The van der Waals surface area contributed by atoms with Gasteiger partial charge in [0.2, 0.25) is 5.91 Å². The lowest BCUT2D eigenvalue weighted by Gasteiger charge is -2.31. The Labute approximate surface area is 188 Å². The molecule has 0 unspecified atom stereocenters. The number of likely N-dealkylation sites (N-methyl/N-ethyl adjacent to an activating group) is 1. The number of morpholine rings is 1. The fourth-order valence-electron chi connectivity index (χ4n) is 3.79. The maximum absolute atomic E-state index is 12.9. The van der Waals surface area contributed by atoms with Gasteiger partial charge in [-0.3, -0.25) is 4.79 Å². The Morgan fingerprint density at radius 2 is 1.87 bits per heavy atom. The molecule has 1 aliphatic rings. The summed E-state index contributed by atoms with van der Waals surface area (Å²) in [6.07, 6.45) is 1.35. The van der Waals surface area contributed by atoms with Crippen LogP contribution in [0.1, 0.15) is 23.7 Å². The lowest BCUT2D eigenvalue weighted by Crippen LogP contribution is -2.37. The molecule has 3 aromatic rings. The highest BCUT2D eigenvalue weighted by atomic mass is 32.1. The van der Waals surface area contributed by atoms with Crippen molar-refractivity contribution in [2.24, 2.45) is 0 Å². The number of anilines is 1. The normalized spacial score (nSPS) is 13.9. The number of hydrogen-bond acceptors (Lipinski definition) is 5. The average molecular weight is 436 g/mol. The zero-order chi connectivity index (χ0) is 21.6. The predicted molar refractivity (Wildman–Crippen MR) is 127 cm³/mol. The summed E-state index contributed by atoms with van der Waals surface area (Å²) in [5, 5.41) is 2.96. The number of benzene rings is 2. The second-order valence-electron chi connectivity index (χ2n) is 7.85. The van der Waals surface area contributed by atoms with E-state index in [9.17, 15) is 4.79 Å². The van der Waals surface area contributed by atoms with Crippen LogP contribution in [0.15, 0.2) is 53.9 Å². The van der Waals surface area contributed by atoms with Crippen LogP contribution in [-0.2, 0) is 28.9 Å².